The molecule has 24 heavy (non-hydrogen) atoms. The van der Waals surface area contributed by atoms with Crippen LogP contribution in [0.1, 0.15) is 31.8 Å². The first-order valence-corrected chi connectivity index (χ1v) is 7.80. The Morgan fingerprint density at radius 1 is 1.12 bits per heavy atom. The van der Waals surface area contributed by atoms with Crippen molar-refractivity contribution in [2.75, 3.05) is 13.2 Å². The molecule has 0 aromatic heterocycles. The van der Waals surface area contributed by atoms with Gasteiger partial charge in [0.25, 0.3) is 5.91 Å². The highest BCUT2D eigenvalue weighted by atomic mass is 16.5. The summed E-state index contributed by atoms with van der Waals surface area (Å²) in [6.45, 7) is 4.99. The number of ether oxygens (including phenoxy) is 1. The first-order valence-electron chi connectivity index (χ1n) is 7.80. The third-order valence-corrected chi connectivity index (χ3v) is 4.38. The molecule has 1 fully saturated rings. The van der Waals surface area contributed by atoms with Gasteiger partial charge in [-0.25, -0.2) is 4.79 Å². The van der Waals surface area contributed by atoms with Crippen LogP contribution >= 0.6 is 0 Å². The molecule has 5 heteroatoms. The molecule has 0 saturated carbocycles. The van der Waals surface area contributed by atoms with Crippen LogP contribution in [-0.2, 0) is 4.74 Å². The Hall–Kier alpha value is -2.66. The summed E-state index contributed by atoms with van der Waals surface area (Å²) >= 11 is 0. The fourth-order valence-corrected chi connectivity index (χ4v) is 2.73. The molecule has 1 amide bonds. The molecule has 2 aromatic rings. The maximum Gasteiger partial charge on any atom is 0.335 e. The molecule has 0 radical (unpaired) electrons. The maximum absolute atomic E-state index is 12.7. The minimum Gasteiger partial charge on any atom is -0.478 e. The average Bonchev–Trinajstić information content (AvgIpc) is 2.53. The van der Waals surface area contributed by atoms with Crippen molar-refractivity contribution in [3.8, 4) is 11.1 Å². The van der Waals surface area contributed by atoms with E-state index in [1.54, 1.807) is 6.07 Å². The van der Waals surface area contributed by atoms with Crippen LogP contribution in [0.15, 0.2) is 36.4 Å². The Morgan fingerprint density at radius 3 is 2.50 bits per heavy atom. The summed E-state index contributed by atoms with van der Waals surface area (Å²) in [6, 6.07) is 10.5. The lowest BCUT2D eigenvalue weighted by atomic mass is 9.92. The van der Waals surface area contributed by atoms with Crippen molar-refractivity contribution in [2.45, 2.75) is 19.9 Å². The van der Waals surface area contributed by atoms with E-state index in [9.17, 15) is 14.7 Å². The standard InChI is InChI=1S/C19H19NO4/c1-11-4-3-5-15(12(11)2)16-7-6-13(19(22)23)8-17(16)18(21)20-14-9-24-10-14/h3-8,14H,9-10H2,1-2H3,(H,20,21)(H,22,23). The van der Waals surface area contributed by atoms with Crippen molar-refractivity contribution < 1.29 is 19.4 Å². The molecule has 1 aliphatic rings. The number of nitrogens with one attached hydrogen (secondary N) is 1. The van der Waals surface area contributed by atoms with Crippen LogP contribution in [0, 0.1) is 13.8 Å². The highest BCUT2D eigenvalue weighted by molar-refractivity contribution is 6.03. The number of carboxylic acids is 1. The molecule has 124 valence electrons. The summed E-state index contributed by atoms with van der Waals surface area (Å²) in [7, 11) is 0. The lowest BCUT2D eigenvalue weighted by Gasteiger charge is -2.27. The predicted octanol–water partition coefficient (Wildman–Crippen LogP) is 2.80. The van der Waals surface area contributed by atoms with Gasteiger partial charge in [-0.2, -0.15) is 0 Å². The van der Waals surface area contributed by atoms with E-state index in [0.717, 1.165) is 22.3 Å². The quantitative estimate of drug-likeness (QED) is 0.906. The molecular formula is C19H19NO4. The topological polar surface area (TPSA) is 75.6 Å². The molecule has 2 aromatic carbocycles. The number of aromatic carboxylic acids is 1. The fraction of sp³-hybridized carbons (Fsp3) is 0.263. The van der Waals surface area contributed by atoms with Crippen molar-refractivity contribution in [3.05, 3.63) is 58.7 Å². The Morgan fingerprint density at radius 2 is 1.88 bits per heavy atom. The Balaban J connectivity index is 2.08. The van der Waals surface area contributed by atoms with Crippen molar-refractivity contribution in [1.29, 1.82) is 0 Å². The lowest BCUT2D eigenvalue weighted by Crippen LogP contribution is -2.48. The Bertz CT molecular complexity index is 809. The predicted molar refractivity (Wildman–Crippen MR) is 90.4 cm³/mol. The smallest absolute Gasteiger partial charge is 0.335 e. The lowest BCUT2D eigenvalue weighted by molar-refractivity contribution is -0.00345. The summed E-state index contributed by atoms with van der Waals surface area (Å²) in [5.74, 6) is -1.33. The van der Waals surface area contributed by atoms with Gasteiger partial charge in [0.15, 0.2) is 0 Å². The molecule has 0 spiro atoms. The molecule has 0 unspecified atom stereocenters. The van der Waals surface area contributed by atoms with Crippen molar-refractivity contribution in [1.82, 2.24) is 5.32 Å². The summed E-state index contributed by atoms with van der Waals surface area (Å²) in [4.78, 5) is 23.9. The monoisotopic (exact) mass is 325 g/mol. The third-order valence-electron chi connectivity index (χ3n) is 4.38. The molecule has 1 saturated heterocycles. The van der Waals surface area contributed by atoms with Crippen LogP contribution in [-0.4, -0.2) is 36.2 Å². The Kier molecular flexibility index (Phi) is 4.36. The first-order chi connectivity index (χ1) is 11.5. The van der Waals surface area contributed by atoms with Crippen molar-refractivity contribution in [3.63, 3.8) is 0 Å². The number of amides is 1. The average molecular weight is 325 g/mol. The van der Waals surface area contributed by atoms with E-state index in [1.165, 1.54) is 12.1 Å². The molecule has 0 aliphatic carbocycles. The molecule has 0 atom stereocenters. The fourth-order valence-electron chi connectivity index (χ4n) is 2.73. The van der Waals surface area contributed by atoms with Gasteiger partial charge in [-0.15, -0.1) is 0 Å². The third kappa shape index (κ3) is 3.03. The largest absolute Gasteiger partial charge is 0.478 e. The van der Waals surface area contributed by atoms with Crippen molar-refractivity contribution in [2.24, 2.45) is 0 Å². The van der Waals surface area contributed by atoms with Gasteiger partial charge in [0.05, 0.1) is 24.8 Å². The van der Waals surface area contributed by atoms with Crippen LogP contribution in [0.2, 0.25) is 0 Å². The zero-order valence-electron chi connectivity index (χ0n) is 13.6. The minimum absolute atomic E-state index is 0.0163. The van der Waals surface area contributed by atoms with Gasteiger partial charge >= 0.3 is 5.97 Å². The minimum atomic E-state index is -1.05. The number of rotatable bonds is 4. The maximum atomic E-state index is 12.7. The Labute approximate surface area is 140 Å². The zero-order valence-corrected chi connectivity index (χ0v) is 13.6. The SMILES string of the molecule is Cc1cccc(-c2ccc(C(=O)O)cc2C(=O)NC2COC2)c1C. The highest BCUT2D eigenvalue weighted by Gasteiger charge is 2.24. The summed E-state index contributed by atoms with van der Waals surface area (Å²) in [5.41, 5.74) is 4.32. The van der Waals surface area contributed by atoms with Gasteiger partial charge in [0.2, 0.25) is 0 Å². The number of hydrogen-bond donors (Lipinski definition) is 2. The zero-order chi connectivity index (χ0) is 17.3. The van der Waals surface area contributed by atoms with Gasteiger partial charge in [0.1, 0.15) is 0 Å². The first kappa shape index (κ1) is 16.2. The van der Waals surface area contributed by atoms with Crippen LogP contribution < -0.4 is 5.32 Å². The van der Waals surface area contributed by atoms with Crippen LogP contribution in [0.5, 0.6) is 0 Å². The van der Waals surface area contributed by atoms with E-state index in [1.807, 2.05) is 32.0 Å². The van der Waals surface area contributed by atoms with Gasteiger partial charge in [-0.05, 0) is 48.2 Å². The molecular weight excluding hydrogens is 306 g/mol. The molecule has 3 rings (SSSR count). The normalized spacial score (nSPS) is 14.1. The van der Waals surface area contributed by atoms with E-state index in [-0.39, 0.29) is 17.5 Å². The number of carbonyl (C=O) groups excluding carboxylic acids is 1. The number of benzene rings is 2. The number of aryl methyl sites for hydroxylation is 1. The van der Waals surface area contributed by atoms with Crippen LogP contribution in [0.3, 0.4) is 0 Å². The van der Waals surface area contributed by atoms with E-state index in [0.29, 0.717) is 18.8 Å². The van der Waals surface area contributed by atoms with E-state index in [4.69, 9.17) is 4.74 Å². The number of carbonyl (C=O) groups is 2. The summed E-state index contributed by atoms with van der Waals surface area (Å²) in [5, 5.41) is 12.1. The second kappa shape index (κ2) is 6.45. The van der Waals surface area contributed by atoms with E-state index < -0.39 is 5.97 Å². The number of hydrogen-bond acceptors (Lipinski definition) is 3. The van der Waals surface area contributed by atoms with E-state index >= 15 is 0 Å². The molecule has 5 nitrogen and oxygen atoms in total. The van der Waals surface area contributed by atoms with Gasteiger partial charge in [0, 0.05) is 5.56 Å². The molecule has 0 bridgehead atoms. The second-order valence-electron chi connectivity index (χ2n) is 6.02. The molecule has 1 heterocycles. The number of carboxylic acid groups (broad SMARTS) is 1. The summed E-state index contributed by atoms with van der Waals surface area (Å²) in [6.07, 6.45) is 0. The highest BCUT2D eigenvalue weighted by Crippen LogP contribution is 2.29. The molecule has 2 N–H and O–H groups in total. The molecule has 1 aliphatic heterocycles. The second-order valence-corrected chi connectivity index (χ2v) is 6.02. The van der Waals surface area contributed by atoms with E-state index in [2.05, 4.69) is 5.32 Å². The van der Waals surface area contributed by atoms with Gasteiger partial charge in [-0.3, -0.25) is 4.79 Å². The van der Waals surface area contributed by atoms with Crippen molar-refractivity contribution >= 4 is 11.9 Å². The van der Waals surface area contributed by atoms with Gasteiger partial charge < -0.3 is 15.2 Å². The van der Waals surface area contributed by atoms with Crippen LogP contribution in [0.4, 0.5) is 0 Å². The van der Waals surface area contributed by atoms with Crippen LogP contribution in [0.25, 0.3) is 11.1 Å². The summed E-state index contributed by atoms with van der Waals surface area (Å²) < 4.78 is 5.07. The van der Waals surface area contributed by atoms with Gasteiger partial charge in [-0.1, -0.05) is 24.3 Å².